The van der Waals surface area contributed by atoms with Crippen molar-refractivity contribution in [2.24, 2.45) is 0 Å². The Kier molecular flexibility index (Phi) is 1.90. The first-order valence-electron chi connectivity index (χ1n) is 4.55. The lowest BCUT2D eigenvalue weighted by Crippen LogP contribution is -1.97. The van der Waals surface area contributed by atoms with Gasteiger partial charge in [-0.3, -0.25) is 4.40 Å². The monoisotopic (exact) mass is 235 g/mol. The van der Waals surface area contributed by atoms with Gasteiger partial charge in [0.1, 0.15) is 17.2 Å². The van der Waals surface area contributed by atoms with E-state index in [0.29, 0.717) is 28.1 Å². The van der Waals surface area contributed by atoms with E-state index in [1.165, 1.54) is 6.26 Å². The highest BCUT2D eigenvalue weighted by atomic mass is 35.5. The van der Waals surface area contributed by atoms with Crippen LogP contribution in [0.25, 0.3) is 17.2 Å². The predicted octanol–water partition coefficient (Wildman–Crippen LogP) is 1.74. The van der Waals surface area contributed by atoms with Crippen LogP contribution in [-0.4, -0.2) is 24.7 Å². The van der Waals surface area contributed by atoms with Gasteiger partial charge in [-0.1, -0.05) is 16.8 Å². The van der Waals surface area contributed by atoms with Crippen molar-refractivity contribution >= 4 is 17.2 Å². The van der Waals surface area contributed by atoms with E-state index < -0.39 is 0 Å². The number of halogens is 1. The van der Waals surface area contributed by atoms with Gasteiger partial charge in [0.2, 0.25) is 0 Å². The molecule has 0 fully saturated rings. The third kappa shape index (κ3) is 1.27. The predicted molar refractivity (Wildman–Crippen MR) is 56.0 cm³/mol. The van der Waals surface area contributed by atoms with Crippen LogP contribution in [0.3, 0.4) is 0 Å². The fraction of sp³-hybridized carbons (Fsp3) is 0.111. The van der Waals surface area contributed by atoms with Gasteiger partial charge in [-0.2, -0.15) is 0 Å². The van der Waals surface area contributed by atoms with Crippen molar-refractivity contribution in [2.45, 2.75) is 6.92 Å². The molecule has 0 spiro atoms. The maximum atomic E-state index is 5.83. The molecule has 0 saturated carbocycles. The largest absolute Gasteiger partial charge is 0.364 e. The summed E-state index contributed by atoms with van der Waals surface area (Å²) in [7, 11) is 0. The number of hydrogen-bond acceptors (Lipinski definition) is 5. The molecule has 6 nitrogen and oxygen atoms in total. The van der Waals surface area contributed by atoms with Gasteiger partial charge in [0.05, 0.1) is 0 Å². The topological polar surface area (TPSA) is 69.1 Å². The summed E-state index contributed by atoms with van der Waals surface area (Å²) in [4.78, 5) is 4.13. The molecule has 80 valence electrons. The molecule has 3 aromatic rings. The van der Waals surface area contributed by atoms with Crippen LogP contribution >= 0.6 is 11.6 Å². The summed E-state index contributed by atoms with van der Waals surface area (Å²) < 4.78 is 6.54. The Bertz CT molecular complexity index is 645. The van der Waals surface area contributed by atoms with E-state index in [0.717, 1.165) is 0 Å². The van der Waals surface area contributed by atoms with Crippen LogP contribution in [0.15, 0.2) is 22.9 Å². The van der Waals surface area contributed by atoms with E-state index in [-0.39, 0.29) is 0 Å². The molecule has 0 saturated heterocycles. The minimum absolute atomic E-state index is 0.393. The molecule has 0 aliphatic rings. The molecule has 0 amide bonds. The van der Waals surface area contributed by atoms with E-state index >= 15 is 0 Å². The lowest BCUT2D eigenvalue weighted by atomic mass is 10.4. The zero-order valence-corrected chi connectivity index (χ0v) is 9.01. The molecular weight excluding hydrogens is 230 g/mol. The van der Waals surface area contributed by atoms with Gasteiger partial charge in [0, 0.05) is 12.1 Å². The number of hydrogen-bond donors (Lipinski definition) is 0. The van der Waals surface area contributed by atoms with Crippen molar-refractivity contribution in [1.29, 1.82) is 0 Å². The van der Waals surface area contributed by atoms with Crippen LogP contribution in [-0.2, 0) is 0 Å². The standard InChI is InChI=1S/C9H6ClN5O/c1-5-11-7(10)4-8-12-13-9(15(5)8)6-2-3-16-14-6/h2-4H,1H3. The zero-order chi connectivity index (χ0) is 11.1. The summed E-state index contributed by atoms with van der Waals surface area (Å²) in [5.41, 5.74) is 1.25. The summed E-state index contributed by atoms with van der Waals surface area (Å²) >= 11 is 5.83. The fourth-order valence-electron chi connectivity index (χ4n) is 1.55. The molecule has 3 rings (SSSR count). The highest BCUT2D eigenvalue weighted by Crippen LogP contribution is 2.19. The first-order chi connectivity index (χ1) is 7.75. The van der Waals surface area contributed by atoms with E-state index in [1.54, 1.807) is 16.5 Å². The van der Waals surface area contributed by atoms with E-state index in [1.807, 2.05) is 6.92 Å². The maximum Gasteiger partial charge on any atom is 0.192 e. The Hall–Kier alpha value is -1.95. The van der Waals surface area contributed by atoms with Crippen molar-refractivity contribution < 1.29 is 4.52 Å². The third-order valence-corrected chi connectivity index (χ3v) is 2.39. The minimum atomic E-state index is 0.393. The minimum Gasteiger partial charge on any atom is -0.364 e. The van der Waals surface area contributed by atoms with Crippen LogP contribution in [0.1, 0.15) is 5.82 Å². The van der Waals surface area contributed by atoms with Gasteiger partial charge in [-0.15, -0.1) is 10.2 Å². The molecule has 0 bridgehead atoms. The first kappa shape index (κ1) is 9.29. The SMILES string of the molecule is Cc1nc(Cl)cc2nnc(-c3ccon3)n12. The van der Waals surface area contributed by atoms with Gasteiger partial charge in [0.25, 0.3) is 0 Å². The van der Waals surface area contributed by atoms with Crippen molar-refractivity contribution in [3.63, 3.8) is 0 Å². The smallest absolute Gasteiger partial charge is 0.192 e. The van der Waals surface area contributed by atoms with Crippen molar-refractivity contribution in [2.75, 3.05) is 0 Å². The van der Waals surface area contributed by atoms with Crippen LogP contribution in [0.5, 0.6) is 0 Å². The normalized spacial score (nSPS) is 11.1. The second-order valence-electron chi connectivity index (χ2n) is 3.23. The summed E-state index contributed by atoms with van der Waals surface area (Å²) in [5, 5.41) is 12.2. The maximum absolute atomic E-state index is 5.83. The molecule has 0 unspecified atom stereocenters. The molecule has 0 atom stereocenters. The van der Waals surface area contributed by atoms with Crippen LogP contribution in [0, 0.1) is 6.92 Å². The van der Waals surface area contributed by atoms with Crippen LogP contribution in [0.2, 0.25) is 5.15 Å². The molecule has 0 radical (unpaired) electrons. The van der Waals surface area contributed by atoms with Crippen LogP contribution < -0.4 is 0 Å². The summed E-state index contributed by atoms with van der Waals surface area (Å²) in [6.07, 6.45) is 1.48. The number of fused-ring (bicyclic) bond motifs is 1. The third-order valence-electron chi connectivity index (χ3n) is 2.20. The summed E-state index contributed by atoms with van der Waals surface area (Å²) in [6.45, 7) is 1.83. The Balaban J connectivity index is 2.36. The van der Waals surface area contributed by atoms with Gasteiger partial charge in [0.15, 0.2) is 17.2 Å². The fourth-order valence-corrected chi connectivity index (χ4v) is 1.77. The molecule has 0 N–H and O–H groups in total. The molecule has 3 heterocycles. The van der Waals surface area contributed by atoms with Crippen molar-refractivity contribution in [3.05, 3.63) is 29.4 Å². The molecule has 0 aliphatic heterocycles. The Morgan fingerprint density at radius 3 is 3.00 bits per heavy atom. The second-order valence-corrected chi connectivity index (χ2v) is 3.62. The van der Waals surface area contributed by atoms with Gasteiger partial charge >= 0.3 is 0 Å². The molecule has 0 aromatic carbocycles. The van der Waals surface area contributed by atoms with Gasteiger partial charge in [-0.05, 0) is 6.92 Å². The van der Waals surface area contributed by atoms with Crippen molar-refractivity contribution in [3.8, 4) is 11.5 Å². The highest BCUT2D eigenvalue weighted by Gasteiger charge is 2.13. The highest BCUT2D eigenvalue weighted by molar-refractivity contribution is 6.29. The molecule has 16 heavy (non-hydrogen) atoms. The molecule has 7 heteroatoms. The molecular formula is C9H6ClN5O. The number of aryl methyl sites for hydroxylation is 1. The van der Waals surface area contributed by atoms with Gasteiger partial charge in [-0.25, -0.2) is 4.98 Å². The zero-order valence-electron chi connectivity index (χ0n) is 8.25. The average molecular weight is 236 g/mol. The summed E-state index contributed by atoms with van der Waals surface area (Å²) in [6, 6.07) is 3.36. The number of nitrogens with zero attached hydrogens (tertiary/aromatic N) is 5. The van der Waals surface area contributed by atoms with Gasteiger partial charge < -0.3 is 4.52 Å². The Morgan fingerprint density at radius 2 is 2.25 bits per heavy atom. The number of rotatable bonds is 1. The van der Waals surface area contributed by atoms with E-state index in [2.05, 4.69) is 20.3 Å². The lowest BCUT2D eigenvalue weighted by Gasteiger charge is -2.00. The number of aromatic nitrogens is 5. The average Bonchev–Trinajstić information content (AvgIpc) is 2.82. The first-order valence-corrected chi connectivity index (χ1v) is 4.92. The quantitative estimate of drug-likeness (QED) is 0.601. The Labute approximate surface area is 94.9 Å². The van der Waals surface area contributed by atoms with E-state index in [4.69, 9.17) is 16.1 Å². The van der Waals surface area contributed by atoms with Crippen molar-refractivity contribution in [1.82, 2.24) is 24.7 Å². The molecule has 3 aromatic heterocycles. The Morgan fingerprint density at radius 1 is 1.38 bits per heavy atom. The second kappa shape index (κ2) is 3.28. The molecule has 0 aliphatic carbocycles. The van der Waals surface area contributed by atoms with E-state index in [9.17, 15) is 0 Å². The summed E-state index contributed by atoms with van der Waals surface area (Å²) in [5.74, 6) is 1.29. The van der Waals surface area contributed by atoms with Crippen LogP contribution in [0.4, 0.5) is 0 Å². The lowest BCUT2D eigenvalue weighted by molar-refractivity contribution is 0.421.